The SMILES string of the molecule is CCC1CC(CC(=O)Nc2nccc3ccc([N+](=O)[O-])cc23)CCO1. The molecule has 1 aliphatic rings. The van der Waals surface area contributed by atoms with E-state index in [9.17, 15) is 14.9 Å². The number of anilines is 1. The molecule has 7 heteroatoms. The van der Waals surface area contributed by atoms with Crippen molar-refractivity contribution in [1.82, 2.24) is 4.98 Å². The van der Waals surface area contributed by atoms with Crippen molar-refractivity contribution in [2.45, 2.75) is 38.7 Å². The minimum atomic E-state index is -0.453. The van der Waals surface area contributed by atoms with Crippen LogP contribution >= 0.6 is 0 Å². The number of fused-ring (bicyclic) bond motifs is 1. The Bertz CT molecular complexity index is 793. The van der Waals surface area contributed by atoms with Crippen LogP contribution in [0, 0.1) is 16.0 Å². The number of amides is 1. The lowest BCUT2D eigenvalue weighted by Gasteiger charge is -2.28. The molecule has 0 spiro atoms. The molecule has 1 aromatic heterocycles. The van der Waals surface area contributed by atoms with Crippen LogP contribution in [0.5, 0.6) is 0 Å². The molecule has 1 aromatic carbocycles. The van der Waals surface area contributed by atoms with Crippen molar-refractivity contribution >= 4 is 28.2 Å². The van der Waals surface area contributed by atoms with Crippen LogP contribution < -0.4 is 5.32 Å². The van der Waals surface area contributed by atoms with E-state index in [1.807, 2.05) is 0 Å². The Morgan fingerprint density at radius 1 is 1.44 bits per heavy atom. The number of nitrogens with zero attached hydrogens (tertiary/aromatic N) is 2. The highest BCUT2D eigenvalue weighted by Crippen LogP contribution is 2.28. The maximum Gasteiger partial charge on any atom is 0.270 e. The van der Waals surface area contributed by atoms with Gasteiger partial charge in [-0.3, -0.25) is 14.9 Å². The fourth-order valence-corrected chi connectivity index (χ4v) is 3.24. The first-order chi connectivity index (χ1) is 12.1. The normalized spacial score (nSPS) is 20.4. The number of aromatic nitrogens is 1. The highest BCUT2D eigenvalue weighted by molar-refractivity contribution is 6.01. The van der Waals surface area contributed by atoms with Gasteiger partial charge >= 0.3 is 0 Å². The molecule has 1 aliphatic heterocycles. The first kappa shape index (κ1) is 17.3. The number of benzene rings is 1. The molecule has 2 aromatic rings. The third-order valence-corrected chi connectivity index (χ3v) is 4.62. The van der Waals surface area contributed by atoms with Crippen LogP contribution in [0.4, 0.5) is 11.5 Å². The molecule has 2 heterocycles. The Morgan fingerprint density at radius 2 is 2.28 bits per heavy atom. The van der Waals surface area contributed by atoms with Crippen molar-refractivity contribution in [3.8, 4) is 0 Å². The quantitative estimate of drug-likeness (QED) is 0.660. The zero-order valence-electron chi connectivity index (χ0n) is 14.1. The number of hydrogen-bond acceptors (Lipinski definition) is 5. The number of nitro groups is 1. The second kappa shape index (κ2) is 7.57. The fourth-order valence-electron chi connectivity index (χ4n) is 3.24. The average Bonchev–Trinajstić information content (AvgIpc) is 2.61. The average molecular weight is 343 g/mol. The highest BCUT2D eigenvalue weighted by atomic mass is 16.6. The molecule has 25 heavy (non-hydrogen) atoms. The zero-order chi connectivity index (χ0) is 17.8. The van der Waals surface area contributed by atoms with E-state index < -0.39 is 4.92 Å². The third kappa shape index (κ3) is 4.11. The number of hydrogen-bond donors (Lipinski definition) is 1. The number of non-ortho nitro benzene ring substituents is 1. The molecule has 1 amide bonds. The van der Waals surface area contributed by atoms with Crippen LogP contribution in [-0.4, -0.2) is 28.5 Å². The summed E-state index contributed by atoms with van der Waals surface area (Å²) in [6, 6.07) is 6.31. The smallest absolute Gasteiger partial charge is 0.270 e. The van der Waals surface area contributed by atoms with E-state index in [0.29, 0.717) is 30.1 Å². The lowest BCUT2D eigenvalue weighted by atomic mass is 9.91. The summed E-state index contributed by atoms with van der Waals surface area (Å²) in [7, 11) is 0. The number of nitrogens with one attached hydrogen (secondary N) is 1. The van der Waals surface area contributed by atoms with E-state index in [4.69, 9.17) is 4.74 Å². The number of carbonyl (C=O) groups is 1. The molecule has 3 rings (SSSR count). The molecule has 132 valence electrons. The van der Waals surface area contributed by atoms with E-state index in [1.54, 1.807) is 18.3 Å². The van der Waals surface area contributed by atoms with Gasteiger partial charge in [0.15, 0.2) is 0 Å². The van der Waals surface area contributed by atoms with Gasteiger partial charge in [-0.05, 0) is 42.7 Å². The maximum absolute atomic E-state index is 12.4. The summed E-state index contributed by atoms with van der Waals surface area (Å²) < 4.78 is 5.64. The second-order valence-electron chi connectivity index (χ2n) is 6.37. The van der Waals surface area contributed by atoms with Crippen LogP contribution in [0.15, 0.2) is 30.5 Å². The van der Waals surface area contributed by atoms with Gasteiger partial charge in [0, 0.05) is 36.7 Å². The van der Waals surface area contributed by atoms with Gasteiger partial charge in [-0.25, -0.2) is 4.98 Å². The van der Waals surface area contributed by atoms with Crippen LogP contribution in [0.25, 0.3) is 10.8 Å². The van der Waals surface area contributed by atoms with Crippen LogP contribution in [-0.2, 0) is 9.53 Å². The summed E-state index contributed by atoms with van der Waals surface area (Å²) in [5, 5.41) is 15.2. The standard InChI is InChI=1S/C18H21N3O4/c1-2-15-9-12(6-8-25-15)10-17(22)20-18-16-11-14(21(23)24)4-3-13(16)5-7-19-18/h3-5,7,11-12,15H,2,6,8-10H2,1H3,(H,19,20,22). The molecule has 1 fully saturated rings. The lowest BCUT2D eigenvalue weighted by molar-refractivity contribution is -0.384. The van der Waals surface area contributed by atoms with Crippen molar-refractivity contribution < 1.29 is 14.5 Å². The Labute approximate surface area is 145 Å². The van der Waals surface area contributed by atoms with Gasteiger partial charge in [-0.15, -0.1) is 0 Å². The Morgan fingerprint density at radius 3 is 3.04 bits per heavy atom. The number of carbonyl (C=O) groups excluding carboxylic acids is 1. The summed E-state index contributed by atoms with van der Waals surface area (Å²) >= 11 is 0. The van der Waals surface area contributed by atoms with Gasteiger partial charge in [-0.1, -0.05) is 6.92 Å². The summed E-state index contributed by atoms with van der Waals surface area (Å²) in [4.78, 5) is 27.1. The van der Waals surface area contributed by atoms with Gasteiger partial charge in [0.05, 0.1) is 11.0 Å². The van der Waals surface area contributed by atoms with Gasteiger partial charge in [0.25, 0.3) is 5.69 Å². The molecule has 0 aliphatic carbocycles. The largest absolute Gasteiger partial charge is 0.378 e. The summed E-state index contributed by atoms with van der Waals surface area (Å²) in [6.45, 7) is 2.77. The molecule has 0 bridgehead atoms. The maximum atomic E-state index is 12.4. The van der Waals surface area contributed by atoms with Crippen molar-refractivity contribution in [3.05, 3.63) is 40.6 Å². The van der Waals surface area contributed by atoms with Crippen LogP contribution in [0.2, 0.25) is 0 Å². The molecular weight excluding hydrogens is 322 g/mol. The molecule has 7 nitrogen and oxygen atoms in total. The van der Waals surface area contributed by atoms with Gasteiger partial charge in [-0.2, -0.15) is 0 Å². The lowest BCUT2D eigenvalue weighted by Crippen LogP contribution is -2.28. The van der Waals surface area contributed by atoms with Crippen molar-refractivity contribution in [2.24, 2.45) is 5.92 Å². The molecular formula is C18H21N3O4. The Balaban J connectivity index is 1.74. The first-order valence-electron chi connectivity index (χ1n) is 8.51. The van der Waals surface area contributed by atoms with Crippen molar-refractivity contribution in [3.63, 3.8) is 0 Å². The Kier molecular flexibility index (Phi) is 5.23. The van der Waals surface area contributed by atoms with Crippen LogP contribution in [0.3, 0.4) is 0 Å². The molecule has 0 radical (unpaired) electrons. The monoisotopic (exact) mass is 343 g/mol. The van der Waals surface area contributed by atoms with Crippen LogP contribution in [0.1, 0.15) is 32.6 Å². The number of pyridine rings is 1. The summed E-state index contributed by atoms with van der Waals surface area (Å²) in [5.74, 6) is 0.543. The predicted molar refractivity (Wildman–Crippen MR) is 94.4 cm³/mol. The second-order valence-corrected chi connectivity index (χ2v) is 6.37. The van der Waals surface area contributed by atoms with E-state index in [-0.39, 0.29) is 17.7 Å². The number of rotatable bonds is 5. The zero-order valence-corrected chi connectivity index (χ0v) is 14.1. The molecule has 1 N–H and O–H groups in total. The van der Waals surface area contributed by atoms with Crippen molar-refractivity contribution in [2.75, 3.05) is 11.9 Å². The summed E-state index contributed by atoms with van der Waals surface area (Å²) in [6.07, 6.45) is 4.94. The molecule has 1 saturated heterocycles. The van der Waals surface area contributed by atoms with Crippen molar-refractivity contribution in [1.29, 1.82) is 0 Å². The molecule has 2 unspecified atom stereocenters. The minimum absolute atomic E-state index is 0.0220. The molecule has 2 atom stereocenters. The first-order valence-corrected chi connectivity index (χ1v) is 8.51. The topological polar surface area (TPSA) is 94.4 Å². The van der Waals surface area contributed by atoms with Gasteiger partial charge in [0.1, 0.15) is 5.82 Å². The number of ether oxygens (including phenoxy) is 1. The van der Waals surface area contributed by atoms with Gasteiger partial charge < -0.3 is 10.1 Å². The predicted octanol–water partition coefficient (Wildman–Crippen LogP) is 3.68. The summed E-state index contributed by atoms with van der Waals surface area (Å²) in [5.41, 5.74) is -0.0220. The Hall–Kier alpha value is -2.54. The third-order valence-electron chi connectivity index (χ3n) is 4.62. The minimum Gasteiger partial charge on any atom is -0.378 e. The van der Waals surface area contributed by atoms with Gasteiger partial charge in [0.2, 0.25) is 5.91 Å². The highest BCUT2D eigenvalue weighted by Gasteiger charge is 2.24. The van der Waals surface area contributed by atoms with E-state index in [1.165, 1.54) is 12.1 Å². The van der Waals surface area contributed by atoms with E-state index >= 15 is 0 Å². The fraction of sp³-hybridized carbons (Fsp3) is 0.444. The van der Waals surface area contributed by atoms with E-state index in [0.717, 1.165) is 24.6 Å². The molecule has 0 saturated carbocycles. The number of nitro benzene ring substituents is 1. The van der Waals surface area contributed by atoms with E-state index in [2.05, 4.69) is 17.2 Å².